The summed E-state index contributed by atoms with van der Waals surface area (Å²) in [7, 11) is 0. The minimum atomic E-state index is -1.18. The van der Waals surface area contributed by atoms with E-state index in [1.54, 1.807) is 6.92 Å². The first kappa shape index (κ1) is 18.4. The maximum Gasteiger partial charge on any atom is 0.353 e. The molecule has 1 fully saturated rings. The number of aromatic nitrogens is 2. The molecule has 2 aliphatic heterocycles. The predicted octanol–water partition coefficient (Wildman–Crippen LogP) is 0.741. The number of hydrogen-bond donors (Lipinski definition) is 2. The van der Waals surface area contributed by atoms with Crippen molar-refractivity contribution in [1.82, 2.24) is 14.5 Å². The fraction of sp³-hybridized carbons (Fsp3) is 0.533. The van der Waals surface area contributed by atoms with E-state index in [-0.39, 0.29) is 23.5 Å². The number of imidazole rings is 1. The molecule has 11 heteroatoms. The van der Waals surface area contributed by atoms with Crippen LogP contribution in [-0.2, 0) is 16.1 Å². The number of aliphatic carboxylic acids is 1. The fourth-order valence-electron chi connectivity index (χ4n) is 3.50. The maximum atomic E-state index is 12.1. The number of carbonyl (C=O) groups is 2. The lowest BCUT2D eigenvalue weighted by atomic mass is 9.83. The Bertz CT molecular complexity index is 817. The molecule has 3 atom stereocenters. The van der Waals surface area contributed by atoms with Crippen molar-refractivity contribution in [3.05, 3.63) is 32.7 Å². The molecule has 1 saturated heterocycles. The highest BCUT2D eigenvalue weighted by atomic mass is 32.2. The van der Waals surface area contributed by atoms with E-state index >= 15 is 0 Å². The van der Waals surface area contributed by atoms with Gasteiger partial charge in [-0.05, 0) is 11.8 Å². The summed E-state index contributed by atoms with van der Waals surface area (Å²) in [6.07, 6.45) is 0.730. The van der Waals surface area contributed by atoms with Crippen LogP contribution < -0.4 is 0 Å². The van der Waals surface area contributed by atoms with Crippen molar-refractivity contribution in [2.45, 2.75) is 39.0 Å². The SMILES string of the molecule is Cc1ncc([N+](=O)[O-])n1CCSC1=C(C(=O)O)N2C(=O)[C@H]([C@H](C)O)[C@H]2C1. The van der Waals surface area contributed by atoms with Crippen molar-refractivity contribution >= 4 is 29.5 Å². The zero-order valence-electron chi connectivity index (χ0n) is 14.2. The van der Waals surface area contributed by atoms with E-state index in [2.05, 4.69) is 4.98 Å². The molecule has 2 aliphatic rings. The van der Waals surface area contributed by atoms with Gasteiger partial charge in [0, 0.05) is 24.0 Å². The number of carboxylic acids is 1. The Morgan fingerprint density at radius 1 is 1.58 bits per heavy atom. The number of nitrogens with zero attached hydrogens (tertiary/aromatic N) is 4. The third kappa shape index (κ3) is 2.86. The summed E-state index contributed by atoms with van der Waals surface area (Å²) in [6.45, 7) is 3.47. The molecule has 3 rings (SSSR count). The Morgan fingerprint density at radius 3 is 2.85 bits per heavy atom. The molecule has 0 aromatic carbocycles. The number of aliphatic hydroxyl groups is 1. The lowest BCUT2D eigenvalue weighted by molar-refractivity contribution is -0.392. The van der Waals surface area contributed by atoms with Gasteiger partial charge in [0.25, 0.3) is 0 Å². The van der Waals surface area contributed by atoms with Gasteiger partial charge in [-0.25, -0.2) is 14.3 Å². The zero-order chi connectivity index (χ0) is 19.2. The summed E-state index contributed by atoms with van der Waals surface area (Å²) in [5.74, 6) is -1.35. The highest BCUT2D eigenvalue weighted by molar-refractivity contribution is 8.03. The van der Waals surface area contributed by atoms with E-state index in [1.807, 2.05) is 0 Å². The first-order valence-electron chi connectivity index (χ1n) is 8.01. The lowest BCUT2D eigenvalue weighted by Crippen LogP contribution is -2.61. The smallest absolute Gasteiger partial charge is 0.353 e. The molecule has 140 valence electrons. The van der Waals surface area contributed by atoms with Gasteiger partial charge < -0.3 is 25.2 Å². The highest BCUT2D eigenvalue weighted by Gasteiger charge is 2.56. The van der Waals surface area contributed by atoms with Crippen LogP contribution in [0, 0.1) is 23.0 Å². The van der Waals surface area contributed by atoms with E-state index in [9.17, 15) is 29.9 Å². The molecule has 1 amide bonds. The Balaban J connectivity index is 1.72. The lowest BCUT2D eigenvalue weighted by Gasteiger charge is -2.44. The monoisotopic (exact) mass is 382 g/mol. The predicted molar refractivity (Wildman–Crippen MR) is 91.2 cm³/mol. The van der Waals surface area contributed by atoms with Gasteiger partial charge in [0.15, 0.2) is 5.82 Å². The van der Waals surface area contributed by atoms with Crippen LogP contribution in [0.15, 0.2) is 16.8 Å². The number of fused-ring (bicyclic) bond motifs is 1. The molecule has 1 aromatic heterocycles. The minimum absolute atomic E-state index is 0.0428. The Kier molecular flexibility index (Phi) is 4.76. The number of β-lactam (4-membered cyclic amide) rings is 1. The van der Waals surface area contributed by atoms with E-state index < -0.39 is 22.9 Å². The normalized spacial score (nSPS) is 23.0. The van der Waals surface area contributed by atoms with Crippen molar-refractivity contribution < 1.29 is 24.7 Å². The van der Waals surface area contributed by atoms with Gasteiger partial charge in [-0.1, -0.05) is 0 Å². The van der Waals surface area contributed by atoms with Gasteiger partial charge in [-0.3, -0.25) is 4.79 Å². The standard InChI is InChI=1S/C15H18N4O6S/c1-7(20)12-9-5-10(13(15(22)23)18(9)14(12)21)26-4-3-17-8(2)16-6-11(17)19(24)25/h6-7,9,12,20H,3-5H2,1-2H3,(H,22,23)/t7-,9+,12+/m0/s1. The average Bonchev–Trinajstić information content (AvgIpc) is 3.06. The van der Waals surface area contributed by atoms with Gasteiger partial charge in [0.05, 0.1) is 18.1 Å². The molecule has 2 N–H and O–H groups in total. The fourth-order valence-corrected chi connectivity index (χ4v) is 4.63. The van der Waals surface area contributed by atoms with Crippen molar-refractivity contribution in [2.75, 3.05) is 5.75 Å². The number of nitro groups is 1. The second-order valence-electron chi connectivity index (χ2n) is 6.24. The molecule has 10 nitrogen and oxygen atoms in total. The van der Waals surface area contributed by atoms with Crippen LogP contribution in [0.25, 0.3) is 0 Å². The third-order valence-corrected chi connectivity index (χ3v) is 5.80. The molecule has 0 saturated carbocycles. The van der Waals surface area contributed by atoms with Gasteiger partial charge in [0.1, 0.15) is 18.4 Å². The Labute approximate surface area is 152 Å². The summed E-state index contributed by atoms with van der Waals surface area (Å²) >= 11 is 1.26. The zero-order valence-corrected chi connectivity index (χ0v) is 15.0. The molecule has 0 unspecified atom stereocenters. The quantitative estimate of drug-likeness (QED) is 0.400. The molecule has 0 radical (unpaired) electrons. The topological polar surface area (TPSA) is 139 Å². The summed E-state index contributed by atoms with van der Waals surface area (Å²) in [5, 5.41) is 30.2. The second kappa shape index (κ2) is 6.72. The van der Waals surface area contributed by atoms with Crippen LogP contribution in [0.3, 0.4) is 0 Å². The largest absolute Gasteiger partial charge is 0.477 e. The molecule has 0 bridgehead atoms. The van der Waals surface area contributed by atoms with Crippen LogP contribution >= 0.6 is 11.8 Å². The Morgan fingerprint density at radius 2 is 2.27 bits per heavy atom. The number of thioether (sulfide) groups is 1. The van der Waals surface area contributed by atoms with E-state index in [0.717, 1.165) is 0 Å². The van der Waals surface area contributed by atoms with Crippen molar-refractivity contribution in [1.29, 1.82) is 0 Å². The van der Waals surface area contributed by atoms with Crippen LogP contribution in [0.1, 0.15) is 19.2 Å². The van der Waals surface area contributed by atoms with E-state index in [1.165, 1.54) is 34.3 Å². The van der Waals surface area contributed by atoms with Crippen molar-refractivity contribution in [2.24, 2.45) is 5.92 Å². The number of amides is 1. The molecule has 26 heavy (non-hydrogen) atoms. The molecular weight excluding hydrogens is 364 g/mol. The van der Waals surface area contributed by atoms with E-state index in [0.29, 0.717) is 29.4 Å². The summed E-state index contributed by atoms with van der Waals surface area (Å²) in [4.78, 5) is 39.9. The number of aliphatic hydroxyl groups excluding tert-OH is 1. The van der Waals surface area contributed by atoms with Crippen LogP contribution in [0.2, 0.25) is 0 Å². The average molecular weight is 382 g/mol. The van der Waals surface area contributed by atoms with Gasteiger partial charge in [0.2, 0.25) is 5.91 Å². The van der Waals surface area contributed by atoms with E-state index in [4.69, 9.17) is 0 Å². The van der Waals surface area contributed by atoms with Gasteiger partial charge in [-0.2, -0.15) is 0 Å². The molecule has 3 heterocycles. The number of carboxylic acid groups (broad SMARTS) is 1. The van der Waals surface area contributed by atoms with Crippen molar-refractivity contribution in [3.8, 4) is 0 Å². The summed E-state index contributed by atoms with van der Waals surface area (Å²) in [5.41, 5.74) is -0.0428. The molecule has 1 aromatic rings. The third-order valence-electron chi connectivity index (χ3n) is 4.70. The number of carbonyl (C=O) groups excluding carboxylic acids is 1. The van der Waals surface area contributed by atoms with Gasteiger partial charge in [-0.15, -0.1) is 11.8 Å². The number of rotatable bonds is 7. The van der Waals surface area contributed by atoms with Gasteiger partial charge >= 0.3 is 11.8 Å². The Hall–Kier alpha value is -2.40. The van der Waals surface area contributed by atoms with Crippen LogP contribution in [-0.4, -0.2) is 59.4 Å². The summed E-state index contributed by atoms with van der Waals surface area (Å²) < 4.78 is 1.46. The van der Waals surface area contributed by atoms with Crippen LogP contribution in [0.4, 0.5) is 5.82 Å². The minimum Gasteiger partial charge on any atom is -0.477 e. The second-order valence-corrected chi connectivity index (χ2v) is 7.43. The highest BCUT2D eigenvalue weighted by Crippen LogP contribution is 2.47. The molecule has 0 aliphatic carbocycles. The summed E-state index contributed by atoms with van der Waals surface area (Å²) in [6, 6.07) is -0.333. The van der Waals surface area contributed by atoms with Crippen molar-refractivity contribution in [3.63, 3.8) is 0 Å². The number of hydrogen-bond acceptors (Lipinski definition) is 7. The maximum absolute atomic E-state index is 12.1. The first-order chi connectivity index (χ1) is 12.2. The molecular formula is C15H18N4O6S. The number of aryl methyl sites for hydroxylation is 1. The van der Waals surface area contributed by atoms with Crippen LogP contribution in [0.5, 0.6) is 0 Å². The molecule has 0 spiro atoms. The first-order valence-corrected chi connectivity index (χ1v) is 8.99.